The number of ether oxygens (including phenoxy) is 1. The van der Waals surface area contributed by atoms with Gasteiger partial charge in [0.25, 0.3) is 11.8 Å². The number of thiophene rings is 1. The number of primary amides is 1. The number of aromatic nitrogens is 2. The Morgan fingerprint density at radius 3 is 2.58 bits per heavy atom. The maximum absolute atomic E-state index is 12.7. The minimum Gasteiger partial charge on any atom is -0.462 e. The molecule has 0 aliphatic rings. The minimum atomic E-state index is -0.690. The molecule has 3 aromatic rings. The maximum atomic E-state index is 12.7. The van der Waals surface area contributed by atoms with E-state index in [1.807, 2.05) is 13.8 Å². The zero-order valence-electron chi connectivity index (χ0n) is 17.4. The van der Waals surface area contributed by atoms with E-state index in [0.29, 0.717) is 17.9 Å². The number of amides is 2. The van der Waals surface area contributed by atoms with Crippen LogP contribution in [0.5, 0.6) is 0 Å². The van der Waals surface area contributed by atoms with Crippen molar-refractivity contribution in [1.82, 2.24) is 9.78 Å². The van der Waals surface area contributed by atoms with Crippen molar-refractivity contribution in [3.8, 4) is 0 Å². The highest BCUT2D eigenvalue weighted by molar-refractivity contribution is 9.10. The standard InChI is InChI=1S/C20H21BrN4O5S/c1-5-29-20(28)14-9(2)16(17(22)26)31-19(14)23-18(27)13-7-6-12(30-13)8-25-11(4)15(21)10(3)24-25/h6-7H,5,8H2,1-4H3,(H2,22,26)(H,23,27). The number of halogens is 1. The number of nitrogens with one attached hydrogen (secondary N) is 1. The van der Waals surface area contributed by atoms with E-state index in [1.165, 1.54) is 6.07 Å². The van der Waals surface area contributed by atoms with Gasteiger partial charge in [0.2, 0.25) is 0 Å². The van der Waals surface area contributed by atoms with Gasteiger partial charge in [-0.2, -0.15) is 5.10 Å². The maximum Gasteiger partial charge on any atom is 0.341 e. The van der Waals surface area contributed by atoms with Crippen LogP contribution in [0.15, 0.2) is 21.0 Å². The molecule has 3 heterocycles. The molecule has 3 rings (SSSR count). The van der Waals surface area contributed by atoms with E-state index in [1.54, 1.807) is 24.6 Å². The van der Waals surface area contributed by atoms with Crippen LogP contribution in [-0.4, -0.2) is 34.2 Å². The molecule has 0 saturated heterocycles. The van der Waals surface area contributed by atoms with Crippen molar-refractivity contribution in [2.75, 3.05) is 11.9 Å². The molecular formula is C20H21BrN4O5S. The topological polar surface area (TPSA) is 129 Å². The fourth-order valence-electron chi connectivity index (χ4n) is 3.01. The number of nitrogens with two attached hydrogens (primary N) is 1. The van der Waals surface area contributed by atoms with Gasteiger partial charge in [-0.1, -0.05) is 0 Å². The summed E-state index contributed by atoms with van der Waals surface area (Å²) >= 11 is 4.40. The van der Waals surface area contributed by atoms with Crippen molar-refractivity contribution in [2.45, 2.75) is 34.2 Å². The highest BCUT2D eigenvalue weighted by Gasteiger charge is 2.26. The second-order valence-corrected chi connectivity index (χ2v) is 8.52. The van der Waals surface area contributed by atoms with Gasteiger partial charge in [-0.05, 0) is 61.3 Å². The molecule has 0 bridgehead atoms. The number of anilines is 1. The molecule has 9 nitrogen and oxygen atoms in total. The fraction of sp³-hybridized carbons (Fsp3) is 0.300. The molecule has 0 aromatic carbocycles. The number of nitrogens with zero attached hydrogens (tertiary/aromatic N) is 2. The van der Waals surface area contributed by atoms with Crippen LogP contribution in [0.2, 0.25) is 0 Å². The molecule has 0 atom stereocenters. The lowest BCUT2D eigenvalue weighted by Gasteiger charge is -2.06. The summed E-state index contributed by atoms with van der Waals surface area (Å²) < 4.78 is 13.4. The first kappa shape index (κ1) is 22.8. The van der Waals surface area contributed by atoms with Crippen LogP contribution in [0.1, 0.15) is 60.2 Å². The molecule has 0 aliphatic heterocycles. The van der Waals surface area contributed by atoms with Crippen LogP contribution < -0.4 is 11.1 Å². The SMILES string of the molecule is CCOC(=O)c1c(NC(=O)c2ccc(Cn3nc(C)c(Br)c3C)o2)sc(C(N)=O)c1C. The Hall–Kier alpha value is -2.92. The number of carbonyl (C=O) groups is 3. The largest absolute Gasteiger partial charge is 0.462 e. The Kier molecular flexibility index (Phi) is 6.65. The van der Waals surface area contributed by atoms with Crippen molar-refractivity contribution in [1.29, 1.82) is 0 Å². The molecule has 0 fully saturated rings. The van der Waals surface area contributed by atoms with Crippen LogP contribution in [-0.2, 0) is 11.3 Å². The second-order valence-electron chi connectivity index (χ2n) is 6.71. The highest BCUT2D eigenvalue weighted by atomic mass is 79.9. The summed E-state index contributed by atoms with van der Waals surface area (Å²) in [5.74, 6) is -1.31. The first-order valence-electron chi connectivity index (χ1n) is 9.33. The third kappa shape index (κ3) is 4.57. The molecule has 0 saturated carbocycles. The van der Waals surface area contributed by atoms with Gasteiger partial charge >= 0.3 is 5.97 Å². The lowest BCUT2D eigenvalue weighted by Crippen LogP contribution is -2.14. The highest BCUT2D eigenvalue weighted by Crippen LogP contribution is 2.34. The van der Waals surface area contributed by atoms with Crippen molar-refractivity contribution in [2.24, 2.45) is 5.73 Å². The van der Waals surface area contributed by atoms with Crippen LogP contribution >= 0.6 is 27.3 Å². The average molecular weight is 509 g/mol. The van der Waals surface area contributed by atoms with Gasteiger partial charge < -0.3 is 20.2 Å². The van der Waals surface area contributed by atoms with Gasteiger partial charge in [-0.25, -0.2) is 4.79 Å². The van der Waals surface area contributed by atoms with Crippen LogP contribution in [0.3, 0.4) is 0 Å². The van der Waals surface area contributed by atoms with Gasteiger partial charge in [0.05, 0.1) is 39.5 Å². The van der Waals surface area contributed by atoms with E-state index >= 15 is 0 Å². The summed E-state index contributed by atoms with van der Waals surface area (Å²) in [6.07, 6.45) is 0. The minimum absolute atomic E-state index is 0.0529. The predicted octanol–water partition coefficient (Wildman–Crippen LogP) is 3.80. The summed E-state index contributed by atoms with van der Waals surface area (Å²) in [4.78, 5) is 37.0. The molecule has 0 unspecified atom stereocenters. The summed E-state index contributed by atoms with van der Waals surface area (Å²) in [7, 11) is 0. The van der Waals surface area contributed by atoms with E-state index in [2.05, 4.69) is 26.3 Å². The number of aryl methyl sites for hydroxylation is 1. The van der Waals surface area contributed by atoms with Gasteiger partial charge in [-0.15, -0.1) is 11.3 Å². The summed E-state index contributed by atoms with van der Waals surface area (Å²) in [5.41, 5.74) is 7.65. The molecule has 31 heavy (non-hydrogen) atoms. The number of carbonyl (C=O) groups excluding carboxylic acids is 3. The lowest BCUT2D eigenvalue weighted by molar-refractivity contribution is 0.0527. The van der Waals surface area contributed by atoms with Gasteiger partial charge in [0, 0.05) is 0 Å². The number of hydrogen-bond acceptors (Lipinski definition) is 7. The molecule has 0 spiro atoms. The van der Waals surface area contributed by atoms with E-state index in [-0.39, 0.29) is 27.8 Å². The smallest absolute Gasteiger partial charge is 0.341 e. The predicted molar refractivity (Wildman–Crippen MR) is 119 cm³/mol. The number of furan rings is 1. The van der Waals surface area contributed by atoms with Crippen molar-refractivity contribution < 1.29 is 23.5 Å². The molecule has 0 radical (unpaired) electrons. The first-order valence-corrected chi connectivity index (χ1v) is 10.9. The molecular weight excluding hydrogens is 488 g/mol. The zero-order valence-corrected chi connectivity index (χ0v) is 19.8. The van der Waals surface area contributed by atoms with Crippen molar-refractivity contribution in [3.05, 3.63) is 55.5 Å². The summed E-state index contributed by atoms with van der Waals surface area (Å²) in [5, 5.41) is 7.23. The molecule has 3 N–H and O–H groups in total. The summed E-state index contributed by atoms with van der Waals surface area (Å²) in [6.45, 7) is 7.56. The van der Waals surface area contributed by atoms with Gasteiger partial charge in [0.15, 0.2) is 5.76 Å². The Morgan fingerprint density at radius 1 is 1.29 bits per heavy atom. The van der Waals surface area contributed by atoms with Crippen LogP contribution in [0, 0.1) is 20.8 Å². The molecule has 11 heteroatoms. The lowest BCUT2D eigenvalue weighted by atomic mass is 10.1. The summed E-state index contributed by atoms with van der Waals surface area (Å²) in [6, 6.07) is 3.21. The zero-order chi connectivity index (χ0) is 22.9. The quantitative estimate of drug-likeness (QED) is 0.466. The Labute approximate surface area is 190 Å². The van der Waals surface area contributed by atoms with Gasteiger partial charge in [-0.3, -0.25) is 14.3 Å². The Balaban J connectivity index is 1.83. The Bertz CT molecular complexity index is 1180. The van der Waals surface area contributed by atoms with E-state index in [0.717, 1.165) is 27.2 Å². The van der Waals surface area contributed by atoms with E-state index in [9.17, 15) is 14.4 Å². The third-order valence-electron chi connectivity index (χ3n) is 4.56. The Morgan fingerprint density at radius 2 is 2.00 bits per heavy atom. The van der Waals surface area contributed by atoms with Crippen LogP contribution in [0.25, 0.3) is 0 Å². The molecule has 2 amide bonds. The monoisotopic (exact) mass is 508 g/mol. The first-order chi connectivity index (χ1) is 14.6. The van der Waals surface area contributed by atoms with Gasteiger partial charge in [0.1, 0.15) is 10.8 Å². The fourth-order valence-corrected chi connectivity index (χ4v) is 4.34. The third-order valence-corrected chi connectivity index (χ3v) is 6.93. The van der Waals surface area contributed by atoms with Crippen molar-refractivity contribution in [3.63, 3.8) is 0 Å². The normalized spacial score (nSPS) is 10.9. The molecule has 3 aromatic heterocycles. The number of esters is 1. The van der Waals surface area contributed by atoms with E-state index < -0.39 is 17.8 Å². The van der Waals surface area contributed by atoms with Crippen LogP contribution in [0.4, 0.5) is 5.00 Å². The van der Waals surface area contributed by atoms with Crippen molar-refractivity contribution >= 4 is 50.1 Å². The molecule has 164 valence electrons. The number of hydrogen-bond donors (Lipinski definition) is 2. The second kappa shape index (κ2) is 9.06. The molecule has 0 aliphatic carbocycles. The number of rotatable bonds is 7. The average Bonchev–Trinajstić information content (AvgIpc) is 3.36. The van der Waals surface area contributed by atoms with E-state index in [4.69, 9.17) is 14.9 Å².